The maximum Gasteiger partial charge on any atom is 0.251 e. The molecule has 1 N–H and O–H groups in total. The monoisotopic (exact) mass is 461 g/mol. The molecule has 2 amide bonds. The Bertz CT molecular complexity index is 1100. The van der Waals surface area contributed by atoms with Gasteiger partial charge in [0.25, 0.3) is 5.91 Å². The molecule has 34 heavy (non-hydrogen) atoms. The van der Waals surface area contributed by atoms with Gasteiger partial charge >= 0.3 is 0 Å². The summed E-state index contributed by atoms with van der Waals surface area (Å²) in [7, 11) is 0. The van der Waals surface area contributed by atoms with E-state index in [1.54, 1.807) is 18.2 Å². The molecular weight excluding hydrogens is 433 g/mol. The van der Waals surface area contributed by atoms with Crippen LogP contribution in [0.25, 0.3) is 0 Å². The van der Waals surface area contributed by atoms with Gasteiger partial charge in [-0.15, -0.1) is 0 Å². The van der Waals surface area contributed by atoms with Crippen molar-refractivity contribution >= 4 is 17.5 Å². The zero-order valence-electron chi connectivity index (χ0n) is 19.0. The van der Waals surface area contributed by atoms with Crippen molar-refractivity contribution in [1.82, 2.24) is 10.2 Å². The molecule has 0 saturated carbocycles. The van der Waals surface area contributed by atoms with Gasteiger partial charge in [0.05, 0.1) is 0 Å². The molecular formula is C27H28FN3O3. The smallest absolute Gasteiger partial charge is 0.251 e. The number of halogens is 1. The number of benzene rings is 3. The van der Waals surface area contributed by atoms with E-state index < -0.39 is 0 Å². The minimum atomic E-state index is -0.258. The highest BCUT2D eigenvalue weighted by atomic mass is 19.1. The maximum atomic E-state index is 13.1. The van der Waals surface area contributed by atoms with Gasteiger partial charge in [-0.3, -0.25) is 9.59 Å². The summed E-state index contributed by atoms with van der Waals surface area (Å²) in [4.78, 5) is 29.3. The average Bonchev–Trinajstić information content (AvgIpc) is 2.88. The summed E-state index contributed by atoms with van der Waals surface area (Å²) in [5.41, 5.74) is 2.28. The molecule has 0 unspecified atom stereocenters. The first kappa shape index (κ1) is 23.3. The third-order valence-electron chi connectivity index (χ3n) is 5.85. The number of amides is 2. The molecule has 0 bridgehead atoms. The van der Waals surface area contributed by atoms with Crippen LogP contribution in [0, 0.1) is 5.82 Å². The molecule has 1 aliphatic heterocycles. The number of anilines is 1. The fourth-order valence-corrected chi connectivity index (χ4v) is 3.95. The molecule has 1 aliphatic rings. The molecule has 3 aromatic carbocycles. The van der Waals surface area contributed by atoms with E-state index in [2.05, 4.69) is 10.2 Å². The highest BCUT2D eigenvalue weighted by Crippen LogP contribution is 2.18. The first-order valence-electron chi connectivity index (χ1n) is 11.4. The van der Waals surface area contributed by atoms with Gasteiger partial charge < -0.3 is 19.9 Å². The summed E-state index contributed by atoms with van der Waals surface area (Å²) in [6, 6.07) is 23.2. The number of hydrogen-bond donors (Lipinski definition) is 1. The number of piperazine rings is 1. The van der Waals surface area contributed by atoms with Gasteiger partial charge in [0.1, 0.15) is 18.2 Å². The van der Waals surface area contributed by atoms with Crippen LogP contribution in [0.4, 0.5) is 10.1 Å². The molecule has 7 heteroatoms. The molecule has 0 spiro atoms. The van der Waals surface area contributed by atoms with E-state index in [0.717, 1.165) is 17.0 Å². The number of rotatable bonds is 8. The highest BCUT2D eigenvalue weighted by Gasteiger charge is 2.21. The molecule has 0 aliphatic carbocycles. The standard InChI is InChI=1S/C27H28FN3O3/c28-22-10-12-23(13-11-22)30-16-18-31(19-17-30)26(32)14-15-29-27(33)25-9-5-4-6-21(25)20-34-24-7-2-1-3-8-24/h1-13H,14-20H2,(H,29,33). The van der Waals surface area contributed by atoms with Gasteiger partial charge in [0.15, 0.2) is 0 Å². The summed E-state index contributed by atoms with van der Waals surface area (Å²) in [6.45, 7) is 3.14. The lowest BCUT2D eigenvalue weighted by molar-refractivity contribution is -0.131. The number of hydrogen-bond acceptors (Lipinski definition) is 4. The minimum absolute atomic E-state index is 0.0137. The lowest BCUT2D eigenvalue weighted by Crippen LogP contribution is -2.49. The van der Waals surface area contributed by atoms with E-state index in [0.29, 0.717) is 31.7 Å². The molecule has 6 nitrogen and oxygen atoms in total. The molecule has 0 atom stereocenters. The Morgan fingerprint density at radius 2 is 1.53 bits per heavy atom. The zero-order chi connectivity index (χ0) is 23.8. The van der Waals surface area contributed by atoms with Crippen molar-refractivity contribution in [2.75, 3.05) is 37.6 Å². The van der Waals surface area contributed by atoms with Crippen molar-refractivity contribution in [2.24, 2.45) is 0 Å². The van der Waals surface area contributed by atoms with Gasteiger partial charge in [0.2, 0.25) is 5.91 Å². The topological polar surface area (TPSA) is 61.9 Å². The molecule has 1 fully saturated rings. The summed E-state index contributed by atoms with van der Waals surface area (Å²) < 4.78 is 18.9. The van der Waals surface area contributed by atoms with E-state index in [4.69, 9.17) is 4.74 Å². The number of nitrogens with one attached hydrogen (secondary N) is 1. The van der Waals surface area contributed by atoms with Crippen molar-refractivity contribution in [3.63, 3.8) is 0 Å². The summed E-state index contributed by atoms with van der Waals surface area (Å²) >= 11 is 0. The second-order valence-corrected chi connectivity index (χ2v) is 8.11. The Balaban J connectivity index is 1.23. The van der Waals surface area contributed by atoms with Crippen LogP contribution in [0.2, 0.25) is 0 Å². The van der Waals surface area contributed by atoms with Crippen LogP contribution < -0.4 is 15.0 Å². The molecule has 0 radical (unpaired) electrons. The average molecular weight is 462 g/mol. The normalized spacial score (nSPS) is 13.4. The van der Waals surface area contributed by atoms with Crippen LogP contribution >= 0.6 is 0 Å². The van der Waals surface area contributed by atoms with Gasteiger partial charge in [-0.2, -0.15) is 0 Å². The second kappa shape index (κ2) is 11.3. The van der Waals surface area contributed by atoms with E-state index in [9.17, 15) is 14.0 Å². The Morgan fingerprint density at radius 3 is 2.26 bits per heavy atom. The number of carbonyl (C=O) groups excluding carboxylic acids is 2. The van der Waals surface area contributed by atoms with Crippen LogP contribution in [0.3, 0.4) is 0 Å². The maximum absolute atomic E-state index is 13.1. The summed E-state index contributed by atoms with van der Waals surface area (Å²) in [5.74, 6) is 0.273. The van der Waals surface area contributed by atoms with E-state index in [1.165, 1.54) is 12.1 Å². The Kier molecular flexibility index (Phi) is 7.75. The number of ether oxygens (including phenoxy) is 1. The van der Waals surface area contributed by atoms with Gasteiger partial charge in [-0.1, -0.05) is 36.4 Å². The Labute approximate surface area is 198 Å². The quantitative estimate of drug-likeness (QED) is 0.553. The summed E-state index contributed by atoms with van der Waals surface area (Å²) in [5, 5.41) is 2.86. The molecule has 3 aromatic rings. The van der Waals surface area contributed by atoms with Crippen molar-refractivity contribution in [1.29, 1.82) is 0 Å². The number of para-hydroxylation sites is 1. The van der Waals surface area contributed by atoms with Crippen LogP contribution in [0.5, 0.6) is 5.75 Å². The first-order chi connectivity index (χ1) is 16.6. The van der Waals surface area contributed by atoms with Crippen molar-refractivity contribution in [3.05, 3.63) is 95.8 Å². The third-order valence-corrected chi connectivity index (χ3v) is 5.85. The van der Waals surface area contributed by atoms with Gasteiger partial charge in [0, 0.05) is 56.0 Å². The Hall–Kier alpha value is -3.87. The van der Waals surface area contributed by atoms with Crippen LogP contribution in [-0.4, -0.2) is 49.4 Å². The molecule has 0 aromatic heterocycles. The largest absolute Gasteiger partial charge is 0.489 e. The van der Waals surface area contributed by atoms with E-state index in [-0.39, 0.29) is 37.2 Å². The Morgan fingerprint density at radius 1 is 0.853 bits per heavy atom. The highest BCUT2D eigenvalue weighted by molar-refractivity contribution is 5.95. The molecule has 1 heterocycles. The molecule has 1 saturated heterocycles. The fraction of sp³-hybridized carbons (Fsp3) is 0.259. The fourth-order valence-electron chi connectivity index (χ4n) is 3.95. The van der Waals surface area contributed by atoms with Gasteiger partial charge in [-0.05, 0) is 42.5 Å². The van der Waals surface area contributed by atoms with Crippen LogP contribution in [0.1, 0.15) is 22.3 Å². The lowest BCUT2D eigenvalue weighted by atomic mass is 10.1. The minimum Gasteiger partial charge on any atom is -0.489 e. The van der Waals surface area contributed by atoms with Crippen LogP contribution in [0.15, 0.2) is 78.9 Å². The molecule has 176 valence electrons. The van der Waals surface area contributed by atoms with Crippen molar-refractivity contribution in [3.8, 4) is 5.75 Å². The van der Waals surface area contributed by atoms with E-state index >= 15 is 0 Å². The number of nitrogens with zero attached hydrogens (tertiary/aromatic N) is 2. The van der Waals surface area contributed by atoms with Gasteiger partial charge in [-0.25, -0.2) is 4.39 Å². The third kappa shape index (κ3) is 6.13. The van der Waals surface area contributed by atoms with Crippen molar-refractivity contribution in [2.45, 2.75) is 13.0 Å². The zero-order valence-corrected chi connectivity index (χ0v) is 19.0. The first-order valence-corrected chi connectivity index (χ1v) is 11.4. The van der Waals surface area contributed by atoms with Crippen molar-refractivity contribution < 1.29 is 18.7 Å². The lowest BCUT2D eigenvalue weighted by Gasteiger charge is -2.36. The van der Waals surface area contributed by atoms with Crippen LogP contribution in [-0.2, 0) is 11.4 Å². The SMILES string of the molecule is O=C(NCCC(=O)N1CCN(c2ccc(F)cc2)CC1)c1ccccc1COc1ccccc1. The predicted molar refractivity (Wildman–Crippen MR) is 129 cm³/mol. The molecule has 4 rings (SSSR count). The predicted octanol–water partition coefficient (Wildman–Crippen LogP) is 3.87. The number of carbonyl (C=O) groups is 2. The summed E-state index contributed by atoms with van der Waals surface area (Å²) in [6.07, 6.45) is 0.241. The second-order valence-electron chi connectivity index (χ2n) is 8.11. The van der Waals surface area contributed by atoms with E-state index in [1.807, 2.05) is 53.4 Å².